The molecule has 6 nitrogen and oxygen atoms in total. The fourth-order valence-electron chi connectivity index (χ4n) is 3.83. The van der Waals surface area contributed by atoms with E-state index in [-0.39, 0.29) is 23.0 Å². The number of rotatable bonds is 10. The van der Waals surface area contributed by atoms with Crippen LogP contribution < -0.4 is 10.9 Å². The molecule has 0 saturated heterocycles. The first-order chi connectivity index (χ1) is 12.4. The number of unbranched alkanes of at least 4 members (excludes halogenated alkanes) is 1. The van der Waals surface area contributed by atoms with E-state index in [1.807, 2.05) is 6.92 Å². The van der Waals surface area contributed by atoms with Crippen molar-refractivity contribution in [1.82, 2.24) is 9.78 Å². The summed E-state index contributed by atoms with van der Waals surface area (Å²) in [4.78, 5) is 23.3. The number of nitrogens with zero attached hydrogens (tertiary/aromatic N) is 2. The van der Waals surface area contributed by atoms with E-state index in [0.717, 1.165) is 38.5 Å². The molecule has 0 amide bonds. The van der Waals surface area contributed by atoms with Crippen molar-refractivity contribution in [1.29, 1.82) is 0 Å². The van der Waals surface area contributed by atoms with Gasteiger partial charge in [0.15, 0.2) is 5.75 Å². The van der Waals surface area contributed by atoms with E-state index in [0.29, 0.717) is 18.0 Å². The summed E-state index contributed by atoms with van der Waals surface area (Å²) in [6, 6.07) is 0.0348. The molecule has 0 aliphatic rings. The molecule has 1 aromatic carbocycles. The maximum absolute atomic E-state index is 11.9. The number of aromatic nitrogens is 2. The van der Waals surface area contributed by atoms with Gasteiger partial charge in [0.2, 0.25) is 11.3 Å². The van der Waals surface area contributed by atoms with E-state index in [2.05, 4.69) is 25.9 Å². The Morgan fingerprint density at radius 2 is 1.65 bits per heavy atom. The average Bonchev–Trinajstić information content (AvgIpc) is 2.97. The van der Waals surface area contributed by atoms with Crippen molar-refractivity contribution in [2.45, 2.75) is 78.7 Å². The summed E-state index contributed by atoms with van der Waals surface area (Å²) < 4.78 is 1.63. The third kappa shape index (κ3) is 3.41. The van der Waals surface area contributed by atoms with Crippen LogP contribution in [-0.2, 0) is 6.42 Å². The standard InChI is InChI=1S/C20H30N2O4/c1-5-9-11-14(12(7-3)10-6-2)22-20(26)15(13(8-4)21-22)16-17(23)19(25)18(16)24/h12,14,23,26H,5-11H2,1-4H3. The van der Waals surface area contributed by atoms with Crippen LogP contribution in [0.5, 0.6) is 11.6 Å². The van der Waals surface area contributed by atoms with E-state index in [1.54, 1.807) is 4.68 Å². The minimum Gasteiger partial charge on any atom is -0.503 e. The van der Waals surface area contributed by atoms with Gasteiger partial charge in [-0.25, -0.2) is 4.68 Å². The van der Waals surface area contributed by atoms with Crippen LogP contribution in [0.4, 0.5) is 0 Å². The Morgan fingerprint density at radius 1 is 0.962 bits per heavy atom. The molecular formula is C20H30N2O4. The number of hydrogen-bond donors (Lipinski definition) is 2. The third-order valence-corrected chi connectivity index (χ3v) is 5.32. The van der Waals surface area contributed by atoms with Crippen molar-refractivity contribution < 1.29 is 10.2 Å². The molecule has 0 aliphatic heterocycles. The van der Waals surface area contributed by atoms with Gasteiger partial charge in [-0.05, 0) is 25.2 Å². The summed E-state index contributed by atoms with van der Waals surface area (Å²) in [6.45, 7) is 8.30. The predicted octanol–water partition coefficient (Wildman–Crippen LogP) is 3.68. The second kappa shape index (κ2) is 8.52. The molecule has 0 fully saturated rings. The first-order valence-corrected chi connectivity index (χ1v) is 9.75. The Morgan fingerprint density at radius 3 is 2.15 bits per heavy atom. The number of aryl methyl sites for hydroxylation is 1. The molecule has 2 unspecified atom stereocenters. The van der Waals surface area contributed by atoms with Crippen molar-refractivity contribution in [3.63, 3.8) is 0 Å². The highest BCUT2D eigenvalue weighted by Crippen LogP contribution is 2.40. The van der Waals surface area contributed by atoms with E-state index < -0.39 is 16.6 Å². The van der Waals surface area contributed by atoms with Gasteiger partial charge < -0.3 is 10.2 Å². The van der Waals surface area contributed by atoms with Crippen molar-refractivity contribution in [2.75, 3.05) is 0 Å². The van der Waals surface area contributed by atoms with Crippen LogP contribution in [0.2, 0.25) is 0 Å². The first kappa shape index (κ1) is 20.2. The van der Waals surface area contributed by atoms with Crippen molar-refractivity contribution >= 4 is 0 Å². The molecule has 2 N–H and O–H groups in total. The van der Waals surface area contributed by atoms with Gasteiger partial charge in [-0.1, -0.05) is 53.4 Å². The lowest BCUT2D eigenvalue weighted by atomic mass is 9.89. The van der Waals surface area contributed by atoms with Gasteiger partial charge in [0.05, 0.1) is 22.9 Å². The third-order valence-electron chi connectivity index (χ3n) is 5.32. The molecule has 1 aromatic heterocycles. The van der Waals surface area contributed by atoms with E-state index in [9.17, 15) is 19.8 Å². The Labute approximate surface area is 154 Å². The Kier molecular flexibility index (Phi) is 6.62. The van der Waals surface area contributed by atoms with Gasteiger partial charge in [-0.15, -0.1) is 0 Å². The molecule has 144 valence electrons. The topological polar surface area (TPSA) is 92.4 Å². The Hall–Kier alpha value is -2.11. The van der Waals surface area contributed by atoms with Gasteiger partial charge >= 0.3 is 0 Å². The van der Waals surface area contributed by atoms with Gasteiger partial charge in [-0.3, -0.25) is 9.59 Å². The largest absolute Gasteiger partial charge is 0.503 e. The first-order valence-electron chi connectivity index (χ1n) is 9.75. The Balaban J connectivity index is 2.57. The van der Waals surface area contributed by atoms with Crippen LogP contribution in [0.25, 0.3) is 11.1 Å². The molecule has 1 heterocycles. The summed E-state index contributed by atoms with van der Waals surface area (Å²) in [5, 5.41) is 25.3. The van der Waals surface area contributed by atoms with E-state index in [4.69, 9.17) is 0 Å². The summed E-state index contributed by atoms with van der Waals surface area (Å²) in [7, 11) is 0. The number of aromatic hydroxyl groups is 2. The molecular weight excluding hydrogens is 332 g/mol. The van der Waals surface area contributed by atoms with Gasteiger partial charge in [-0.2, -0.15) is 5.10 Å². The molecule has 2 rings (SSSR count). The Bertz CT molecular complexity index is 815. The highest BCUT2D eigenvalue weighted by molar-refractivity contribution is 5.79. The van der Waals surface area contributed by atoms with Crippen molar-refractivity contribution in [3.05, 3.63) is 26.1 Å². The fourth-order valence-corrected chi connectivity index (χ4v) is 3.83. The predicted molar refractivity (Wildman–Crippen MR) is 103 cm³/mol. The lowest BCUT2D eigenvalue weighted by Crippen LogP contribution is -2.32. The maximum Gasteiger partial charge on any atom is 0.268 e. The minimum absolute atomic E-state index is 0.0348. The highest BCUT2D eigenvalue weighted by Gasteiger charge is 2.32. The molecule has 0 radical (unpaired) electrons. The molecule has 0 saturated carbocycles. The van der Waals surface area contributed by atoms with Crippen LogP contribution >= 0.6 is 0 Å². The van der Waals surface area contributed by atoms with Crippen LogP contribution in [-0.4, -0.2) is 20.0 Å². The highest BCUT2D eigenvalue weighted by atomic mass is 16.3. The quantitative estimate of drug-likeness (QED) is 0.629. The van der Waals surface area contributed by atoms with Gasteiger partial charge in [0, 0.05) is 0 Å². The minimum atomic E-state index is -0.894. The molecule has 0 spiro atoms. The van der Waals surface area contributed by atoms with Crippen molar-refractivity contribution in [3.8, 4) is 22.8 Å². The van der Waals surface area contributed by atoms with Crippen molar-refractivity contribution in [2.24, 2.45) is 5.92 Å². The van der Waals surface area contributed by atoms with E-state index >= 15 is 0 Å². The monoisotopic (exact) mass is 362 g/mol. The van der Waals surface area contributed by atoms with Gasteiger partial charge in [0.25, 0.3) is 5.43 Å². The van der Waals surface area contributed by atoms with Crippen LogP contribution in [0.15, 0.2) is 9.59 Å². The number of hydrogen-bond acceptors (Lipinski definition) is 5. The second-order valence-corrected chi connectivity index (χ2v) is 6.99. The molecule has 26 heavy (non-hydrogen) atoms. The zero-order chi connectivity index (χ0) is 19.4. The average molecular weight is 362 g/mol. The maximum atomic E-state index is 11.9. The lowest BCUT2D eigenvalue weighted by molar-refractivity contribution is 0.235. The second-order valence-electron chi connectivity index (χ2n) is 6.99. The van der Waals surface area contributed by atoms with Crippen LogP contribution in [0.3, 0.4) is 0 Å². The zero-order valence-corrected chi connectivity index (χ0v) is 16.2. The zero-order valence-electron chi connectivity index (χ0n) is 16.2. The molecule has 2 aromatic rings. The smallest absolute Gasteiger partial charge is 0.268 e. The van der Waals surface area contributed by atoms with E-state index in [1.165, 1.54) is 0 Å². The molecule has 2 atom stereocenters. The molecule has 0 aliphatic carbocycles. The normalized spacial score (nSPS) is 14.0. The van der Waals surface area contributed by atoms with Gasteiger partial charge in [0.1, 0.15) is 0 Å². The lowest BCUT2D eigenvalue weighted by Gasteiger charge is -2.27. The van der Waals surface area contributed by atoms with Crippen LogP contribution in [0, 0.1) is 5.92 Å². The van der Waals surface area contributed by atoms with Crippen LogP contribution in [0.1, 0.15) is 78.0 Å². The molecule has 6 heteroatoms. The summed E-state index contributed by atoms with van der Waals surface area (Å²) in [6.07, 6.45) is 6.52. The summed E-state index contributed by atoms with van der Waals surface area (Å²) in [5.74, 6) is -0.304. The summed E-state index contributed by atoms with van der Waals surface area (Å²) in [5.41, 5.74) is -0.972. The fraction of sp³-hybridized carbons (Fsp3) is 0.650. The SMILES string of the molecule is CCCCC(C(CC)CCC)n1nc(CC)c(-c2c(O)c(=O)c2=O)c1O. The molecule has 0 bridgehead atoms. The summed E-state index contributed by atoms with van der Waals surface area (Å²) >= 11 is 0.